The van der Waals surface area contributed by atoms with Crippen molar-refractivity contribution in [3.8, 4) is 11.1 Å². The molecule has 1 aliphatic heterocycles. The molecule has 1 saturated heterocycles. The Labute approximate surface area is 185 Å². The Bertz CT molecular complexity index is 1320. The van der Waals surface area contributed by atoms with Gasteiger partial charge in [0.15, 0.2) is 0 Å². The van der Waals surface area contributed by atoms with E-state index in [1.807, 2.05) is 54.6 Å². The van der Waals surface area contributed by atoms with Crippen LogP contribution in [0.4, 0.5) is 10.5 Å². The average molecular weight is 423 g/mol. The molecular formula is C26H21N3O3. The lowest BCUT2D eigenvalue weighted by atomic mass is 9.92. The van der Waals surface area contributed by atoms with Crippen LogP contribution in [-0.2, 0) is 28.0 Å². The van der Waals surface area contributed by atoms with Crippen LogP contribution in [0.1, 0.15) is 28.7 Å². The Morgan fingerprint density at radius 1 is 0.938 bits per heavy atom. The number of aryl methyl sites for hydroxylation is 1. The van der Waals surface area contributed by atoms with E-state index in [1.165, 1.54) is 16.7 Å². The summed E-state index contributed by atoms with van der Waals surface area (Å²) in [6.45, 7) is -0.314. The van der Waals surface area contributed by atoms with Gasteiger partial charge in [0, 0.05) is 5.69 Å². The van der Waals surface area contributed by atoms with Crippen molar-refractivity contribution in [2.24, 2.45) is 0 Å². The molecule has 0 bridgehead atoms. The molecule has 0 radical (unpaired) electrons. The van der Waals surface area contributed by atoms with Gasteiger partial charge >= 0.3 is 6.03 Å². The van der Waals surface area contributed by atoms with E-state index in [1.54, 1.807) is 0 Å². The normalized spacial score (nSPS) is 20.2. The summed E-state index contributed by atoms with van der Waals surface area (Å²) < 4.78 is 0. The molecule has 0 saturated carbocycles. The molecular weight excluding hydrogens is 402 g/mol. The van der Waals surface area contributed by atoms with Crippen molar-refractivity contribution in [3.05, 3.63) is 89.0 Å². The number of nitrogens with zero attached hydrogens (tertiary/aromatic N) is 1. The fourth-order valence-corrected chi connectivity index (χ4v) is 5.30. The first-order valence-corrected chi connectivity index (χ1v) is 10.8. The Hall–Kier alpha value is -3.93. The summed E-state index contributed by atoms with van der Waals surface area (Å²) in [5.74, 6) is -0.751. The molecule has 1 spiro atoms. The molecule has 3 aromatic rings. The molecule has 4 amide bonds. The van der Waals surface area contributed by atoms with Gasteiger partial charge in [0.25, 0.3) is 5.91 Å². The van der Waals surface area contributed by atoms with Gasteiger partial charge in [0.1, 0.15) is 12.1 Å². The number of fused-ring (bicyclic) bond motifs is 5. The van der Waals surface area contributed by atoms with Gasteiger partial charge in [-0.05, 0) is 64.8 Å². The van der Waals surface area contributed by atoms with Crippen LogP contribution in [0.5, 0.6) is 0 Å². The molecule has 2 aliphatic carbocycles. The van der Waals surface area contributed by atoms with E-state index in [0.29, 0.717) is 12.1 Å². The van der Waals surface area contributed by atoms with Gasteiger partial charge in [-0.2, -0.15) is 0 Å². The number of rotatable bonds is 3. The van der Waals surface area contributed by atoms with Gasteiger partial charge in [-0.25, -0.2) is 4.79 Å². The minimum absolute atomic E-state index is 0.314. The lowest BCUT2D eigenvalue weighted by Gasteiger charge is -2.22. The number of hydrogen-bond acceptors (Lipinski definition) is 3. The summed E-state index contributed by atoms with van der Waals surface area (Å²) in [4.78, 5) is 39.6. The first-order chi connectivity index (χ1) is 15.5. The predicted octanol–water partition coefficient (Wildman–Crippen LogP) is 3.59. The maximum Gasteiger partial charge on any atom is 0.325 e. The fraction of sp³-hybridized carbons (Fsp3) is 0.192. The van der Waals surface area contributed by atoms with Crippen molar-refractivity contribution in [2.45, 2.75) is 24.8 Å². The van der Waals surface area contributed by atoms with E-state index in [-0.39, 0.29) is 12.5 Å². The molecule has 32 heavy (non-hydrogen) atoms. The molecule has 6 heteroatoms. The van der Waals surface area contributed by atoms with E-state index < -0.39 is 17.5 Å². The number of urea groups is 1. The summed E-state index contributed by atoms with van der Waals surface area (Å²) >= 11 is 0. The summed E-state index contributed by atoms with van der Waals surface area (Å²) in [6.07, 6.45) is 2.06. The smallest absolute Gasteiger partial charge is 0.325 e. The fourth-order valence-electron chi connectivity index (χ4n) is 5.30. The highest BCUT2D eigenvalue weighted by molar-refractivity contribution is 6.11. The van der Waals surface area contributed by atoms with Crippen molar-refractivity contribution < 1.29 is 14.4 Å². The zero-order chi connectivity index (χ0) is 21.9. The first kappa shape index (κ1) is 18.8. The van der Waals surface area contributed by atoms with Crippen molar-refractivity contribution >= 4 is 23.5 Å². The molecule has 158 valence electrons. The largest absolute Gasteiger partial charge is 0.325 e. The van der Waals surface area contributed by atoms with Crippen LogP contribution in [0, 0.1) is 0 Å². The molecule has 3 aliphatic rings. The zero-order valence-corrected chi connectivity index (χ0v) is 17.4. The zero-order valence-electron chi connectivity index (χ0n) is 17.4. The van der Waals surface area contributed by atoms with Crippen molar-refractivity contribution in [2.75, 3.05) is 11.9 Å². The van der Waals surface area contributed by atoms with Gasteiger partial charge in [0.05, 0.1) is 0 Å². The molecule has 0 unspecified atom stereocenters. The van der Waals surface area contributed by atoms with E-state index in [0.717, 1.165) is 34.4 Å². The first-order valence-electron chi connectivity index (χ1n) is 10.8. The summed E-state index contributed by atoms with van der Waals surface area (Å²) in [7, 11) is 0. The van der Waals surface area contributed by atoms with Gasteiger partial charge in [-0.15, -0.1) is 0 Å². The highest BCUT2D eigenvalue weighted by Crippen LogP contribution is 2.41. The maximum absolute atomic E-state index is 13.2. The molecule has 3 aromatic carbocycles. The summed E-state index contributed by atoms with van der Waals surface area (Å²) in [6, 6.07) is 21.2. The number of carbonyl (C=O) groups is 3. The maximum atomic E-state index is 13.2. The van der Waals surface area contributed by atoms with Crippen LogP contribution < -0.4 is 10.6 Å². The van der Waals surface area contributed by atoms with Crippen LogP contribution in [0.15, 0.2) is 66.7 Å². The molecule has 1 fully saturated rings. The second kappa shape index (κ2) is 6.79. The van der Waals surface area contributed by atoms with Crippen molar-refractivity contribution in [1.82, 2.24) is 10.2 Å². The van der Waals surface area contributed by atoms with Crippen molar-refractivity contribution in [1.29, 1.82) is 0 Å². The molecule has 6 rings (SSSR count). The number of benzene rings is 3. The number of carbonyl (C=O) groups excluding carboxylic acids is 3. The Kier molecular flexibility index (Phi) is 3.99. The van der Waals surface area contributed by atoms with Crippen LogP contribution in [0.3, 0.4) is 0 Å². The Morgan fingerprint density at radius 2 is 1.69 bits per heavy atom. The van der Waals surface area contributed by atoms with E-state index >= 15 is 0 Å². The van der Waals surface area contributed by atoms with E-state index in [4.69, 9.17) is 0 Å². The second-order valence-electron chi connectivity index (χ2n) is 8.64. The topological polar surface area (TPSA) is 78.5 Å². The van der Waals surface area contributed by atoms with Crippen LogP contribution in [0.25, 0.3) is 11.1 Å². The quantitative estimate of drug-likeness (QED) is 0.495. The predicted molar refractivity (Wildman–Crippen MR) is 120 cm³/mol. The number of nitrogens with one attached hydrogen (secondary N) is 2. The van der Waals surface area contributed by atoms with Crippen molar-refractivity contribution in [3.63, 3.8) is 0 Å². The lowest BCUT2D eigenvalue weighted by Crippen LogP contribution is -2.43. The second-order valence-corrected chi connectivity index (χ2v) is 8.64. The highest BCUT2D eigenvalue weighted by Gasteiger charge is 2.55. The lowest BCUT2D eigenvalue weighted by molar-refractivity contribution is -0.134. The van der Waals surface area contributed by atoms with E-state index in [9.17, 15) is 14.4 Å². The standard InChI is InChI=1S/C26H21N3O3/c30-23(27-19-9-10-21-18(14-19)13-17-6-1-3-7-20(17)21)15-29-24(31)26(28-25(29)32)12-11-16-5-2-4-8-22(16)26/h1-10,14H,11-13,15H2,(H,27,30)(H,28,32)/t26-/m1/s1. The summed E-state index contributed by atoms with van der Waals surface area (Å²) in [5, 5.41) is 5.71. The molecule has 1 heterocycles. The SMILES string of the molecule is O=C(CN1C(=O)N[C@@]2(CCc3ccccc32)C1=O)Nc1ccc2c(c1)Cc1ccccc1-2. The minimum atomic E-state index is -1.05. The minimum Gasteiger partial charge on any atom is -0.325 e. The number of imide groups is 1. The highest BCUT2D eigenvalue weighted by atomic mass is 16.2. The third-order valence-corrected chi connectivity index (χ3v) is 6.80. The Balaban J connectivity index is 1.19. The van der Waals surface area contributed by atoms with Gasteiger partial charge < -0.3 is 10.6 Å². The number of amides is 4. The average Bonchev–Trinajstić information content (AvgIpc) is 3.42. The third-order valence-electron chi connectivity index (χ3n) is 6.80. The third kappa shape index (κ3) is 2.69. The molecule has 2 N–H and O–H groups in total. The number of anilines is 1. The Morgan fingerprint density at radius 3 is 2.56 bits per heavy atom. The monoisotopic (exact) mass is 423 g/mol. The molecule has 0 aromatic heterocycles. The molecule has 6 nitrogen and oxygen atoms in total. The molecule has 1 atom stereocenters. The number of hydrogen-bond donors (Lipinski definition) is 2. The summed E-state index contributed by atoms with van der Waals surface area (Å²) in [5.41, 5.74) is 6.33. The van der Waals surface area contributed by atoms with E-state index in [2.05, 4.69) is 22.8 Å². The van der Waals surface area contributed by atoms with Crippen LogP contribution in [0.2, 0.25) is 0 Å². The van der Waals surface area contributed by atoms with Crippen LogP contribution >= 0.6 is 0 Å². The van der Waals surface area contributed by atoms with Gasteiger partial charge in [-0.3, -0.25) is 14.5 Å². The van der Waals surface area contributed by atoms with Gasteiger partial charge in [0.2, 0.25) is 5.91 Å². The van der Waals surface area contributed by atoms with Crippen LogP contribution in [-0.4, -0.2) is 29.3 Å². The van der Waals surface area contributed by atoms with Gasteiger partial charge in [-0.1, -0.05) is 54.6 Å².